The first-order valence-electron chi connectivity index (χ1n) is 6.50. The number of nitrogens with zero attached hydrogens (tertiary/aromatic N) is 3. The lowest BCUT2D eigenvalue weighted by Crippen LogP contribution is -2.45. The third kappa shape index (κ3) is 2.53. The summed E-state index contributed by atoms with van der Waals surface area (Å²) in [5, 5.41) is 21.0. The van der Waals surface area contributed by atoms with Gasteiger partial charge in [-0.05, 0) is 29.3 Å². The molecule has 1 aliphatic heterocycles. The zero-order valence-electron chi connectivity index (χ0n) is 11.7. The van der Waals surface area contributed by atoms with Gasteiger partial charge in [0.25, 0.3) is 5.65 Å². The van der Waals surface area contributed by atoms with Crippen molar-refractivity contribution in [1.82, 2.24) is 15.0 Å². The van der Waals surface area contributed by atoms with Gasteiger partial charge in [-0.2, -0.15) is 9.55 Å². The second kappa shape index (κ2) is 6.09. The topological polar surface area (TPSA) is 95.1 Å². The number of aromatic nitrogens is 4. The molecule has 0 amide bonds. The van der Waals surface area contributed by atoms with Gasteiger partial charge >= 0.3 is 5.16 Å². The molecule has 9 heteroatoms. The van der Waals surface area contributed by atoms with Crippen LogP contribution in [0.1, 0.15) is 12.6 Å². The summed E-state index contributed by atoms with van der Waals surface area (Å²) in [6, 6.07) is 0. The zero-order valence-corrected chi connectivity index (χ0v) is 13.3. The Bertz CT molecular complexity index is 651. The molecule has 7 nitrogen and oxygen atoms in total. The van der Waals surface area contributed by atoms with Crippen molar-refractivity contribution in [2.24, 2.45) is 0 Å². The van der Waals surface area contributed by atoms with Crippen molar-refractivity contribution in [2.75, 3.05) is 19.1 Å². The van der Waals surface area contributed by atoms with Crippen LogP contribution in [0.5, 0.6) is 0 Å². The molecular formula is C12H17N4O3S2+. The fourth-order valence-electron chi connectivity index (χ4n) is 2.52. The summed E-state index contributed by atoms with van der Waals surface area (Å²) >= 11 is 3.07. The molecule has 2 aromatic rings. The number of thioether (sulfide) groups is 2. The van der Waals surface area contributed by atoms with Gasteiger partial charge < -0.3 is 19.9 Å². The van der Waals surface area contributed by atoms with Crippen LogP contribution in [0.3, 0.4) is 0 Å². The minimum Gasteiger partial charge on any atom is -0.394 e. The standard InChI is InChI=1S/C12H16N4O3S2/c1-20-11-9-10(14-5-13-9)15-12(21-2)16(11)8-3-6(18)7(4-17)19-8/h5-8,17-18H,3-4H2,1-2H3/p+1/t6-,7+,8?/m0/s1. The number of hydrogen-bond donors (Lipinski definition) is 3. The number of fused-ring (bicyclic) bond motifs is 1. The molecule has 2 aromatic heterocycles. The van der Waals surface area contributed by atoms with Crippen LogP contribution in [0.4, 0.5) is 0 Å². The summed E-state index contributed by atoms with van der Waals surface area (Å²) in [7, 11) is 0. The average Bonchev–Trinajstić information content (AvgIpc) is 3.10. The number of ether oxygens (including phenoxy) is 1. The number of hydrogen-bond acceptors (Lipinski definition) is 7. The van der Waals surface area contributed by atoms with Crippen LogP contribution in [0.25, 0.3) is 11.2 Å². The highest BCUT2D eigenvalue weighted by atomic mass is 32.2. The van der Waals surface area contributed by atoms with Gasteiger partial charge in [-0.25, -0.2) is 0 Å². The number of aromatic amines is 1. The molecular weight excluding hydrogens is 312 g/mol. The smallest absolute Gasteiger partial charge is 0.364 e. The van der Waals surface area contributed by atoms with Gasteiger partial charge in [-0.3, -0.25) is 0 Å². The molecule has 1 unspecified atom stereocenters. The summed E-state index contributed by atoms with van der Waals surface area (Å²) in [4.78, 5) is 11.8. The molecule has 0 spiro atoms. The van der Waals surface area contributed by atoms with Crippen molar-refractivity contribution < 1.29 is 19.5 Å². The van der Waals surface area contributed by atoms with Crippen molar-refractivity contribution >= 4 is 34.7 Å². The van der Waals surface area contributed by atoms with E-state index in [0.717, 1.165) is 15.7 Å². The van der Waals surface area contributed by atoms with E-state index < -0.39 is 12.2 Å². The normalized spacial score (nSPS) is 25.8. The lowest BCUT2D eigenvalue weighted by atomic mass is 10.2. The van der Waals surface area contributed by atoms with Crippen molar-refractivity contribution in [2.45, 2.75) is 35.0 Å². The molecule has 114 valence electrons. The van der Waals surface area contributed by atoms with Crippen LogP contribution >= 0.6 is 23.5 Å². The molecule has 0 saturated carbocycles. The Hall–Kier alpha value is -0.870. The van der Waals surface area contributed by atoms with E-state index in [-0.39, 0.29) is 12.8 Å². The SMILES string of the molecule is CSc1nc2nc[nH]c2c(SC)[n+]1C1C[C@H](O)[C@@H](CO)O1. The third-order valence-electron chi connectivity index (χ3n) is 3.51. The van der Waals surface area contributed by atoms with E-state index in [1.54, 1.807) is 18.1 Å². The first kappa shape index (κ1) is 15.0. The van der Waals surface area contributed by atoms with Crippen LogP contribution in [0.15, 0.2) is 16.5 Å². The molecule has 1 fully saturated rings. The molecule has 0 bridgehead atoms. The first-order valence-corrected chi connectivity index (χ1v) is 8.95. The quantitative estimate of drug-likeness (QED) is 0.322. The number of H-pyrrole nitrogens is 1. The number of aliphatic hydroxyl groups is 2. The fraction of sp³-hybridized carbons (Fsp3) is 0.583. The van der Waals surface area contributed by atoms with E-state index >= 15 is 0 Å². The van der Waals surface area contributed by atoms with Gasteiger partial charge in [-0.1, -0.05) is 11.8 Å². The Morgan fingerprint density at radius 3 is 2.90 bits per heavy atom. The van der Waals surface area contributed by atoms with Gasteiger partial charge in [0.1, 0.15) is 6.10 Å². The maximum Gasteiger partial charge on any atom is 0.364 e. The van der Waals surface area contributed by atoms with Gasteiger partial charge in [-0.15, -0.1) is 0 Å². The largest absolute Gasteiger partial charge is 0.394 e. The molecule has 21 heavy (non-hydrogen) atoms. The van der Waals surface area contributed by atoms with Crippen molar-refractivity contribution in [3.63, 3.8) is 0 Å². The van der Waals surface area contributed by atoms with Crippen LogP contribution in [-0.4, -0.2) is 56.5 Å². The van der Waals surface area contributed by atoms with E-state index in [4.69, 9.17) is 4.74 Å². The number of rotatable bonds is 4. The van der Waals surface area contributed by atoms with E-state index in [1.807, 2.05) is 17.1 Å². The highest BCUT2D eigenvalue weighted by Crippen LogP contribution is 2.30. The maximum atomic E-state index is 9.97. The van der Waals surface area contributed by atoms with Gasteiger partial charge in [0, 0.05) is 6.42 Å². The van der Waals surface area contributed by atoms with Crippen molar-refractivity contribution in [3.05, 3.63) is 6.33 Å². The predicted octanol–water partition coefficient (Wildman–Crippen LogP) is 0.330. The Balaban J connectivity index is 2.12. The van der Waals surface area contributed by atoms with Gasteiger partial charge in [0.05, 0.1) is 19.0 Å². The second-order valence-corrected chi connectivity index (χ2v) is 6.26. The zero-order chi connectivity index (χ0) is 15.0. The van der Waals surface area contributed by atoms with E-state index in [2.05, 4.69) is 15.0 Å². The summed E-state index contributed by atoms with van der Waals surface area (Å²) in [5.41, 5.74) is 1.52. The molecule has 0 aliphatic carbocycles. The van der Waals surface area contributed by atoms with Gasteiger partial charge in [0.2, 0.25) is 6.23 Å². The van der Waals surface area contributed by atoms with Crippen LogP contribution in [0.2, 0.25) is 0 Å². The van der Waals surface area contributed by atoms with E-state index in [9.17, 15) is 10.2 Å². The minimum atomic E-state index is -0.672. The van der Waals surface area contributed by atoms with Crippen LogP contribution in [0, 0.1) is 0 Å². The summed E-state index contributed by atoms with van der Waals surface area (Å²) in [6.45, 7) is -0.193. The van der Waals surface area contributed by atoms with Crippen LogP contribution < -0.4 is 4.57 Å². The summed E-state index contributed by atoms with van der Waals surface area (Å²) < 4.78 is 7.75. The molecule has 0 aromatic carbocycles. The van der Waals surface area contributed by atoms with E-state index in [1.165, 1.54) is 11.8 Å². The summed E-state index contributed by atoms with van der Waals surface area (Å²) in [6.07, 6.45) is 4.40. The Kier molecular flexibility index (Phi) is 4.36. The third-order valence-corrected chi connectivity index (χ3v) is 4.95. The highest BCUT2D eigenvalue weighted by Gasteiger charge is 2.40. The molecule has 3 heterocycles. The number of aliphatic hydroxyl groups excluding tert-OH is 2. The molecule has 1 saturated heterocycles. The maximum absolute atomic E-state index is 9.97. The number of nitrogens with one attached hydrogen (secondary N) is 1. The lowest BCUT2D eigenvalue weighted by molar-refractivity contribution is -0.822. The monoisotopic (exact) mass is 329 g/mol. The minimum absolute atomic E-state index is 0.193. The fourth-order valence-corrected chi connectivity index (χ4v) is 3.91. The Morgan fingerprint density at radius 2 is 2.29 bits per heavy atom. The molecule has 3 atom stereocenters. The van der Waals surface area contributed by atoms with Crippen molar-refractivity contribution in [1.29, 1.82) is 0 Å². The molecule has 3 N–H and O–H groups in total. The lowest BCUT2D eigenvalue weighted by Gasteiger charge is -2.14. The van der Waals surface area contributed by atoms with Crippen LogP contribution in [-0.2, 0) is 4.74 Å². The van der Waals surface area contributed by atoms with Gasteiger partial charge in [0.15, 0.2) is 10.5 Å². The highest BCUT2D eigenvalue weighted by molar-refractivity contribution is 7.99. The summed E-state index contributed by atoms with van der Waals surface area (Å²) in [5.74, 6) is 0. The first-order chi connectivity index (χ1) is 10.2. The molecule has 1 aliphatic rings. The number of imidazole rings is 1. The molecule has 0 radical (unpaired) electrons. The Labute approximate surface area is 130 Å². The predicted molar refractivity (Wildman–Crippen MR) is 79.3 cm³/mol. The van der Waals surface area contributed by atoms with Crippen molar-refractivity contribution in [3.8, 4) is 0 Å². The average molecular weight is 329 g/mol. The molecule has 3 rings (SSSR count). The second-order valence-electron chi connectivity index (χ2n) is 4.69. The Morgan fingerprint density at radius 1 is 1.48 bits per heavy atom. The van der Waals surface area contributed by atoms with E-state index in [0.29, 0.717) is 12.1 Å².